The van der Waals surface area contributed by atoms with Gasteiger partial charge >= 0.3 is 6.09 Å². The molecule has 11 nitrogen and oxygen atoms in total. The highest BCUT2D eigenvalue weighted by Crippen LogP contribution is 2.40. The third-order valence-corrected chi connectivity index (χ3v) is 5.99. The lowest BCUT2D eigenvalue weighted by Crippen LogP contribution is -2.61. The van der Waals surface area contributed by atoms with Crippen molar-refractivity contribution in [1.29, 1.82) is 10.7 Å². The van der Waals surface area contributed by atoms with E-state index < -0.39 is 17.1 Å². The molecule has 2 aliphatic rings. The Balaban J connectivity index is 1.80. The number of nitrogens with one attached hydrogen (secondary N) is 1. The largest absolute Gasteiger partial charge is 0.444 e. The minimum absolute atomic E-state index is 0.0927. The van der Waals surface area contributed by atoms with Crippen LogP contribution >= 0.6 is 0 Å². The van der Waals surface area contributed by atoms with E-state index in [0.717, 1.165) is 11.8 Å². The average Bonchev–Trinajstić information content (AvgIpc) is 3.16. The van der Waals surface area contributed by atoms with Gasteiger partial charge in [0.05, 0.1) is 31.5 Å². The molecule has 1 amide bonds. The minimum Gasteiger partial charge on any atom is -0.444 e. The van der Waals surface area contributed by atoms with Crippen molar-refractivity contribution in [2.45, 2.75) is 44.8 Å². The average molecular weight is 467 g/mol. The molecule has 1 atom stereocenters. The molecule has 4 heterocycles. The number of likely N-dealkylation sites (tertiary alicyclic amines) is 1. The molecule has 0 aromatic carbocycles. The van der Waals surface area contributed by atoms with Crippen molar-refractivity contribution in [3.8, 4) is 6.07 Å². The quantitative estimate of drug-likeness (QED) is 0.651. The normalized spacial score (nSPS) is 20.6. The van der Waals surface area contributed by atoms with Crippen LogP contribution in [-0.2, 0) is 14.9 Å². The van der Waals surface area contributed by atoms with Crippen LogP contribution in [-0.4, -0.2) is 76.5 Å². The summed E-state index contributed by atoms with van der Waals surface area (Å²) in [6, 6.07) is 4.45. The molecule has 2 saturated heterocycles. The summed E-state index contributed by atoms with van der Waals surface area (Å²) in [6.45, 7) is 9.69. The number of carbonyl (C=O) groups is 1. The number of hydrogen-bond acceptors (Lipinski definition) is 9. The summed E-state index contributed by atoms with van der Waals surface area (Å²) in [5.74, 6) is 0.929. The highest BCUT2D eigenvalue weighted by molar-refractivity contribution is 5.87. The van der Waals surface area contributed by atoms with Crippen molar-refractivity contribution < 1.29 is 14.3 Å². The number of hydrogen-bond donors (Lipinski definition) is 2. The van der Waals surface area contributed by atoms with Gasteiger partial charge < -0.3 is 30.4 Å². The van der Waals surface area contributed by atoms with Crippen LogP contribution in [0.25, 0.3) is 16.9 Å². The number of anilines is 1. The van der Waals surface area contributed by atoms with Gasteiger partial charge in [-0.15, -0.1) is 0 Å². The number of allylic oxidation sites excluding steroid dienone is 1. The SMILES string of the molecule is C[C@@H]1COCCN1c1cc(C2(C#N)CN(C(=O)OC(C)(C)C)C2)c2cnn(C(N)=CC=N)c2n1. The lowest BCUT2D eigenvalue weighted by Gasteiger charge is -2.46. The van der Waals surface area contributed by atoms with Crippen LogP contribution in [0.2, 0.25) is 0 Å². The van der Waals surface area contributed by atoms with Gasteiger partial charge in [0.25, 0.3) is 0 Å². The van der Waals surface area contributed by atoms with Gasteiger partial charge in [0.1, 0.15) is 22.7 Å². The van der Waals surface area contributed by atoms with Gasteiger partial charge in [-0.3, -0.25) is 0 Å². The second-order valence-corrected chi connectivity index (χ2v) is 9.73. The molecule has 2 aromatic rings. The number of nitrogens with zero attached hydrogens (tertiary/aromatic N) is 6. The van der Waals surface area contributed by atoms with Crippen LogP contribution in [0.15, 0.2) is 18.3 Å². The first-order valence-electron chi connectivity index (χ1n) is 11.2. The number of carbonyl (C=O) groups excluding carboxylic acids is 1. The Bertz CT molecular complexity index is 1180. The Kier molecular flexibility index (Phi) is 5.95. The first kappa shape index (κ1) is 23.5. The lowest BCUT2D eigenvalue weighted by molar-refractivity contribution is -0.000280. The van der Waals surface area contributed by atoms with E-state index in [4.69, 9.17) is 25.6 Å². The third-order valence-electron chi connectivity index (χ3n) is 5.99. The number of ether oxygens (including phenoxy) is 2. The molecule has 34 heavy (non-hydrogen) atoms. The monoisotopic (exact) mass is 466 g/mol. The zero-order chi connectivity index (χ0) is 24.7. The van der Waals surface area contributed by atoms with Gasteiger partial charge in [-0.05, 0) is 45.4 Å². The van der Waals surface area contributed by atoms with E-state index >= 15 is 0 Å². The predicted molar refractivity (Wildman–Crippen MR) is 127 cm³/mol. The summed E-state index contributed by atoms with van der Waals surface area (Å²) in [7, 11) is 0. The van der Waals surface area contributed by atoms with Crippen molar-refractivity contribution in [3.63, 3.8) is 0 Å². The fourth-order valence-electron chi connectivity index (χ4n) is 4.30. The summed E-state index contributed by atoms with van der Waals surface area (Å²) < 4.78 is 12.5. The number of nitriles is 1. The van der Waals surface area contributed by atoms with Gasteiger partial charge in [-0.2, -0.15) is 15.0 Å². The van der Waals surface area contributed by atoms with Gasteiger partial charge in [0, 0.05) is 31.2 Å². The number of fused-ring (bicyclic) bond motifs is 1. The first-order valence-corrected chi connectivity index (χ1v) is 11.2. The van der Waals surface area contributed by atoms with E-state index in [1.807, 2.05) is 26.8 Å². The summed E-state index contributed by atoms with van der Waals surface area (Å²) in [4.78, 5) is 21.1. The summed E-state index contributed by atoms with van der Waals surface area (Å²) >= 11 is 0. The number of pyridine rings is 1. The van der Waals surface area contributed by atoms with Gasteiger partial charge in [0.2, 0.25) is 0 Å². The van der Waals surface area contributed by atoms with E-state index in [9.17, 15) is 10.1 Å². The number of morpholine rings is 1. The van der Waals surface area contributed by atoms with Crippen LogP contribution in [0.5, 0.6) is 0 Å². The number of rotatable bonds is 4. The van der Waals surface area contributed by atoms with Crippen LogP contribution in [0.3, 0.4) is 0 Å². The summed E-state index contributed by atoms with van der Waals surface area (Å²) in [6.07, 6.45) is 3.69. The van der Waals surface area contributed by atoms with Crippen molar-refractivity contribution in [1.82, 2.24) is 19.7 Å². The van der Waals surface area contributed by atoms with Gasteiger partial charge in [-0.25, -0.2) is 9.78 Å². The Morgan fingerprint density at radius 1 is 1.44 bits per heavy atom. The number of aromatic nitrogens is 3. The smallest absolute Gasteiger partial charge is 0.410 e. The molecule has 0 aliphatic carbocycles. The topological polar surface area (TPSA) is 146 Å². The maximum absolute atomic E-state index is 12.6. The van der Waals surface area contributed by atoms with Crippen LogP contribution in [0.1, 0.15) is 33.3 Å². The van der Waals surface area contributed by atoms with E-state index in [-0.39, 0.29) is 25.0 Å². The Morgan fingerprint density at radius 3 is 2.79 bits per heavy atom. The molecular formula is C23H30N8O3. The van der Waals surface area contributed by atoms with Crippen LogP contribution in [0.4, 0.5) is 10.6 Å². The maximum Gasteiger partial charge on any atom is 0.410 e. The zero-order valence-electron chi connectivity index (χ0n) is 19.9. The molecule has 0 saturated carbocycles. The first-order chi connectivity index (χ1) is 16.1. The highest BCUT2D eigenvalue weighted by atomic mass is 16.6. The van der Waals surface area contributed by atoms with Gasteiger partial charge in [0.15, 0.2) is 5.65 Å². The van der Waals surface area contributed by atoms with Crippen molar-refractivity contribution in [2.75, 3.05) is 37.7 Å². The van der Waals surface area contributed by atoms with Gasteiger partial charge in [-0.1, -0.05) is 0 Å². The molecule has 0 bridgehead atoms. The zero-order valence-corrected chi connectivity index (χ0v) is 19.9. The summed E-state index contributed by atoms with van der Waals surface area (Å²) in [5.41, 5.74) is 5.81. The molecule has 0 unspecified atom stereocenters. The van der Waals surface area contributed by atoms with Crippen LogP contribution in [0, 0.1) is 16.7 Å². The predicted octanol–water partition coefficient (Wildman–Crippen LogP) is 2.08. The van der Waals surface area contributed by atoms with Crippen LogP contribution < -0.4 is 10.6 Å². The fraction of sp³-hybridized carbons (Fsp3) is 0.522. The van der Waals surface area contributed by atoms with Crippen molar-refractivity contribution in [3.05, 3.63) is 23.9 Å². The second kappa shape index (κ2) is 8.61. The molecule has 180 valence electrons. The molecule has 0 spiro atoms. The Morgan fingerprint density at radius 2 is 2.18 bits per heavy atom. The van der Waals surface area contributed by atoms with E-state index in [2.05, 4.69) is 23.0 Å². The highest BCUT2D eigenvalue weighted by Gasteiger charge is 2.50. The van der Waals surface area contributed by atoms with E-state index in [0.29, 0.717) is 36.6 Å². The van der Waals surface area contributed by atoms with Crippen molar-refractivity contribution >= 4 is 35.0 Å². The Hall–Kier alpha value is -3.65. The number of nitrogens with two attached hydrogens (primary N) is 1. The molecular weight excluding hydrogens is 436 g/mol. The third kappa shape index (κ3) is 4.17. The lowest BCUT2D eigenvalue weighted by atomic mass is 9.74. The molecule has 2 aliphatic heterocycles. The molecule has 0 radical (unpaired) electrons. The van der Waals surface area contributed by atoms with E-state index in [1.165, 1.54) is 15.7 Å². The molecule has 4 rings (SSSR count). The molecule has 2 fully saturated rings. The summed E-state index contributed by atoms with van der Waals surface area (Å²) in [5, 5.41) is 22.7. The Labute approximate surface area is 198 Å². The molecule has 2 aromatic heterocycles. The standard InChI is InChI=1S/C23H30N8O3/c1-15-11-33-8-7-30(15)19-9-17(16-10-27-31(20(16)28-19)18(26)5-6-24)23(12-25)13-29(14-23)21(32)34-22(2,3)4/h5-6,9-10,15,24H,7-8,11,13-14,26H2,1-4H3/t15-/m1/s1. The minimum atomic E-state index is -0.934. The molecule has 11 heteroatoms. The number of amides is 1. The second-order valence-electron chi connectivity index (χ2n) is 9.73. The maximum atomic E-state index is 12.6. The van der Waals surface area contributed by atoms with Crippen molar-refractivity contribution in [2.24, 2.45) is 5.73 Å². The fourth-order valence-corrected chi connectivity index (χ4v) is 4.30. The van der Waals surface area contributed by atoms with E-state index in [1.54, 1.807) is 6.20 Å². The molecule has 3 N–H and O–H groups in total.